The van der Waals surface area contributed by atoms with Gasteiger partial charge in [0.2, 0.25) is 12.6 Å². The number of alkyl halides is 1. The predicted octanol–water partition coefficient (Wildman–Crippen LogP) is 9.73. The van der Waals surface area contributed by atoms with Crippen LogP contribution < -0.4 is 20.6 Å². The summed E-state index contributed by atoms with van der Waals surface area (Å²) < 4.78 is 48.3. The molecule has 4 heterocycles. The van der Waals surface area contributed by atoms with Crippen molar-refractivity contribution in [3.63, 3.8) is 0 Å². The van der Waals surface area contributed by atoms with E-state index in [0.717, 1.165) is 62.6 Å². The molecule has 2 saturated heterocycles. The molecule has 8 rings (SSSR count). The Morgan fingerprint density at radius 1 is 0.566 bits per heavy atom. The Labute approximate surface area is 494 Å². The molecular formula is C64H81BrN4O14. The summed E-state index contributed by atoms with van der Waals surface area (Å²) in [6.45, 7) is 19.9. The van der Waals surface area contributed by atoms with E-state index in [9.17, 15) is 28.8 Å². The molecule has 0 bridgehead atoms. The molecule has 19 heteroatoms. The number of H-pyrrole nitrogens is 1. The first kappa shape index (κ1) is 65.3. The number of carbonyl (C=O) groups is 4. The standard InChI is InChI=1S/C32H40N2O7.C28H31NO7.C4H10BrN/c1-19-16-25(26-9-8-24-12-13-34(15-14-33(6)7)31(37)27(24)17-26)10-11-28(19)40-32-30(39-23(5)36)21(3)20(2)29(41-32)18-38-22(4)35;1-15-12-21(22-7-6-20-10-11-29-27(32)23(20)13-22)8-9-24(15)35-28-26(34-19(5)31)17(3)16(2)25(36-28)14-33-18(4)30;1-6(2)4-3-5/h8-13,16-17,20-21,29-30,32H,14-15,18H2,1-7H3;6-13,16-17,25-26,28H,14H2,1-5H3,(H,29,32);3-4H2,1-2H3. The van der Waals surface area contributed by atoms with Gasteiger partial charge in [0.05, 0.1) is 12.2 Å². The van der Waals surface area contributed by atoms with Crippen molar-refractivity contribution >= 4 is 61.4 Å². The minimum atomic E-state index is -0.878. The van der Waals surface area contributed by atoms with Crippen LogP contribution in [0, 0.1) is 37.5 Å². The molecule has 2 fully saturated rings. The monoisotopic (exact) mass is 1210 g/mol. The number of likely N-dealkylation sites (N-methyl/N-ethyl adjacent to an activating group) is 1. The Morgan fingerprint density at radius 3 is 1.41 bits per heavy atom. The van der Waals surface area contributed by atoms with Gasteiger partial charge in [-0.2, -0.15) is 0 Å². The third kappa shape index (κ3) is 17.8. The number of nitrogens with one attached hydrogen (secondary N) is 1. The number of halogens is 1. The lowest BCUT2D eigenvalue weighted by Gasteiger charge is -2.43. The van der Waals surface area contributed by atoms with Gasteiger partial charge in [-0.3, -0.25) is 28.8 Å². The average molecular weight is 1210 g/mol. The molecule has 4 aromatic carbocycles. The molecule has 18 nitrogen and oxygen atoms in total. The van der Waals surface area contributed by atoms with E-state index in [1.807, 2.05) is 152 Å². The second-order valence-electron chi connectivity index (χ2n) is 22.0. The van der Waals surface area contributed by atoms with Crippen molar-refractivity contribution in [2.24, 2.45) is 23.7 Å². The normalized spacial score (nSPS) is 22.1. The fourth-order valence-electron chi connectivity index (χ4n) is 9.85. The van der Waals surface area contributed by atoms with Crippen LogP contribution in [-0.4, -0.2) is 140 Å². The predicted molar refractivity (Wildman–Crippen MR) is 324 cm³/mol. The molecule has 0 saturated carbocycles. The van der Waals surface area contributed by atoms with E-state index < -0.39 is 48.9 Å². The Kier molecular flexibility index (Phi) is 23.6. The number of benzene rings is 4. The van der Waals surface area contributed by atoms with Crippen LogP contribution in [0.4, 0.5) is 0 Å². The van der Waals surface area contributed by atoms with Crippen LogP contribution in [0.15, 0.2) is 107 Å². The number of nitrogens with zero attached hydrogens (tertiary/aromatic N) is 3. The largest absolute Gasteiger partial charge is 0.463 e. The molecule has 6 aromatic rings. The summed E-state index contributed by atoms with van der Waals surface area (Å²) >= 11 is 3.31. The first-order valence-corrected chi connectivity index (χ1v) is 29.0. The molecule has 0 radical (unpaired) electrons. The summed E-state index contributed by atoms with van der Waals surface area (Å²) in [7, 11) is 8.08. The van der Waals surface area contributed by atoms with Crippen molar-refractivity contribution < 1.29 is 57.1 Å². The maximum atomic E-state index is 13.2. The minimum absolute atomic E-state index is 0.0134. The second-order valence-corrected chi connectivity index (χ2v) is 22.8. The van der Waals surface area contributed by atoms with E-state index in [1.165, 1.54) is 27.7 Å². The van der Waals surface area contributed by atoms with Gasteiger partial charge in [-0.25, -0.2) is 0 Å². The SMILES string of the molecule is CC(=O)OCC1OC(Oc2ccc(-c3ccc4cc[nH]c(=O)c4c3)cc2C)C(OC(C)=O)C(C)C1C.CC(=O)OCC1OC(Oc2ccc(-c3ccc4ccn(CCN(C)C)c(=O)c4c3)cc2C)C(OC(C)=O)C(C)C1C.CN(C)CCBr. The maximum absolute atomic E-state index is 13.2. The Hall–Kier alpha value is -6.90. The first-order valence-electron chi connectivity index (χ1n) is 27.9. The van der Waals surface area contributed by atoms with E-state index in [0.29, 0.717) is 28.8 Å². The van der Waals surface area contributed by atoms with Crippen molar-refractivity contribution in [3.8, 4) is 33.8 Å². The molecule has 2 aliphatic rings. The second kappa shape index (κ2) is 30.1. The highest BCUT2D eigenvalue weighted by molar-refractivity contribution is 9.09. The number of carbonyl (C=O) groups excluding carboxylic acids is 4. The number of pyridine rings is 2. The molecule has 0 spiro atoms. The zero-order valence-corrected chi connectivity index (χ0v) is 51.8. The van der Waals surface area contributed by atoms with E-state index in [2.05, 4.69) is 39.9 Å². The minimum Gasteiger partial charge on any atom is -0.463 e. The average Bonchev–Trinajstić information content (AvgIpc) is 3.61. The van der Waals surface area contributed by atoms with Crippen LogP contribution in [0.25, 0.3) is 43.8 Å². The smallest absolute Gasteiger partial charge is 0.303 e. The molecular weight excluding hydrogens is 1130 g/mol. The summed E-state index contributed by atoms with van der Waals surface area (Å²) in [5, 5.41) is 4.13. The van der Waals surface area contributed by atoms with E-state index in [4.69, 9.17) is 37.9 Å². The molecule has 2 aliphatic heterocycles. The zero-order valence-electron chi connectivity index (χ0n) is 50.2. The molecule has 0 amide bonds. The van der Waals surface area contributed by atoms with Crippen LogP contribution in [-0.2, 0) is 54.1 Å². The van der Waals surface area contributed by atoms with Gasteiger partial charge < -0.3 is 57.2 Å². The number of aromatic nitrogens is 2. The van der Waals surface area contributed by atoms with Gasteiger partial charge >= 0.3 is 23.9 Å². The molecule has 10 unspecified atom stereocenters. The summed E-state index contributed by atoms with van der Waals surface area (Å²) in [5.74, 6) is -0.734. The van der Waals surface area contributed by atoms with Gasteiger partial charge in [0.15, 0.2) is 12.2 Å². The van der Waals surface area contributed by atoms with Crippen LogP contribution in [0.3, 0.4) is 0 Å². The first-order chi connectivity index (χ1) is 39.3. The molecule has 448 valence electrons. The van der Waals surface area contributed by atoms with Gasteiger partial charge in [-0.05, 0) is 147 Å². The molecule has 83 heavy (non-hydrogen) atoms. The van der Waals surface area contributed by atoms with Gasteiger partial charge in [0.25, 0.3) is 11.1 Å². The van der Waals surface area contributed by atoms with Crippen LogP contribution in [0.2, 0.25) is 0 Å². The van der Waals surface area contributed by atoms with Crippen molar-refractivity contribution in [1.29, 1.82) is 0 Å². The quantitative estimate of drug-likeness (QED) is 0.0513. The fraction of sp³-hybridized carbons (Fsp3) is 0.469. The summed E-state index contributed by atoms with van der Waals surface area (Å²) in [4.78, 5) is 78.8. The van der Waals surface area contributed by atoms with E-state index in [1.54, 1.807) is 10.8 Å². The van der Waals surface area contributed by atoms with Crippen LogP contribution >= 0.6 is 15.9 Å². The van der Waals surface area contributed by atoms with Crippen molar-refractivity contribution in [3.05, 3.63) is 129 Å². The van der Waals surface area contributed by atoms with Crippen molar-refractivity contribution in [2.45, 2.75) is 113 Å². The number of esters is 4. The third-order valence-electron chi connectivity index (χ3n) is 15.1. The number of ether oxygens (including phenoxy) is 8. The number of rotatable bonds is 17. The third-order valence-corrected chi connectivity index (χ3v) is 15.5. The van der Waals surface area contributed by atoms with Crippen LogP contribution in [0.1, 0.15) is 66.5 Å². The lowest BCUT2D eigenvalue weighted by molar-refractivity contribution is -0.253. The highest BCUT2D eigenvalue weighted by atomic mass is 79.9. The zero-order chi connectivity index (χ0) is 60.8. The van der Waals surface area contributed by atoms with Gasteiger partial charge in [-0.15, -0.1) is 0 Å². The number of aromatic amines is 1. The highest BCUT2D eigenvalue weighted by Crippen LogP contribution is 2.38. The molecule has 1 N–H and O–H groups in total. The van der Waals surface area contributed by atoms with E-state index >= 15 is 0 Å². The molecule has 2 aromatic heterocycles. The lowest BCUT2D eigenvalue weighted by atomic mass is 9.83. The van der Waals surface area contributed by atoms with Crippen molar-refractivity contribution in [2.75, 3.05) is 59.8 Å². The van der Waals surface area contributed by atoms with Gasteiger partial charge in [0, 0.05) is 87.7 Å². The Balaban J connectivity index is 0.000000244. The molecule has 10 atom stereocenters. The Morgan fingerprint density at radius 2 is 1.00 bits per heavy atom. The van der Waals surface area contributed by atoms with Gasteiger partial charge in [0.1, 0.15) is 24.7 Å². The summed E-state index contributed by atoms with van der Waals surface area (Å²) in [5.41, 5.74) is 5.25. The van der Waals surface area contributed by atoms with Crippen LogP contribution in [0.5, 0.6) is 11.5 Å². The topological polar surface area (TPSA) is 203 Å². The number of hydrogen-bond acceptors (Lipinski definition) is 16. The number of hydrogen-bond donors (Lipinski definition) is 1. The maximum Gasteiger partial charge on any atom is 0.303 e. The van der Waals surface area contributed by atoms with E-state index in [-0.39, 0.29) is 59.9 Å². The number of aryl methyl sites for hydroxylation is 2. The van der Waals surface area contributed by atoms with Gasteiger partial charge in [-0.1, -0.05) is 80.0 Å². The number of fused-ring (bicyclic) bond motifs is 2. The molecule has 0 aliphatic carbocycles. The fourth-order valence-corrected chi connectivity index (χ4v) is 10.6. The highest BCUT2D eigenvalue weighted by Gasteiger charge is 2.47. The summed E-state index contributed by atoms with van der Waals surface area (Å²) in [6.07, 6.45) is -0.349. The summed E-state index contributed by atoms with van der Waals surface area (Å²) in [6, 6.07) is 27.0. The Bertz CT molecular complexity index is 3320. The van der Waals surface area contributed by atoms with Crippen molar-refractivity contribution in [1.82, 2.24) is 19.4 Å². The lowest BCUT2D eigenvalue weighted by Crippen LogP contribution is -2.54.